The quantitative estimate of drug-likeness (QED) is 0.833. The van der Waals surface area contributed by atoms with Crippen molar-refractivity contribution in [1.29, 1.82) is 0 Å². The molecular weight excluding hydrogens is 257 g/mol. The minimum atomic E-state index is -0.237. The first-order valence-corrected chi connectivity index (χ1v) is 7.32. The van der Waals surface area contributed by atoms with Crippen molar-refractivity contribution in [3.05, 3.63) is 35.6 Å². The Labute approximate surface area is 119 Å². The predicted octanol–water partition coefficient (Wildman–Crippen LogP) is 0.276. The maximum absolute atomic E-state index is 12.9. The summed E-state index contributed by atoms with van der Waals surface area (Å²) in [6, 6.07) is 7.01. The molecule has 1 aromatic carbocycles. The van der Waals surface area contributed by atoms with Crippen molar-refractivity contribution in [2.75, 3.05) is 39.3 Å². The van der Waals surface area contributed by atoms with Crippen LogP contribution in [0, 0.1) is 5.82 Å². The van der Waals surface area contributed by atoms with Crippen LogP contribution in [-0.2, 0) is 6.54 Å². The summed E-state index contributed by atoms with van der Waals surface area (Å²) in [5.74, 6) is -0.179. The highest BCUT2D eigenvalue weighted by Crippen LogP contribution is 2.14. The molecule has 2 saturated heterocycles. The molecule has 2 N–H and O–H groups in total. The number of hydrogen-bond acceptors (Lipinski definition) is 4. The lowest BCUT2D eigenvalue weighted by Gasteiger charge is -2.38. The molecule has 0 aromatic heterocycles. The van der Waals surface area contributed by atoms with Crippen molar-refractivity contribution in [2.45, 2.75) is 18.7 Å². The number of benzene rings is 1. The highest BCUT2D eigenvalue weighted by atomic mass is 19.1. The molecule has 0 saturated carbocycles. The molecule has 20 heavy (non-hydrogen) atoms. The van der Waals surface area contributed by atoms with Gasteiger partial charge in [0.05, 0.1) is 6.10 Å². The summed E-state index contributed by atoms with van der Waals surface area (Å²) < 4.78 is 12.9. The molecule has 3 rings (SSSR count). The Morgan fingerprint density at radius 2 is 1.80 bits per heavy atom. The van der Waals surface area contributed by atoms with Gasteiger partial charge >= 0.3 is 0 Å². The summed E-state index contributed by atoms with van der Waals surface area (Å²) in [5, 5.41) is 13.1. The fourth-order valence-electron chi connectivity index (χ4n) is 3.12. The highest BCUT2D eigenvalue weighted by molar-refractivity contribution is 5.16. The van der Waals surface area contributed by atoms with E-state index in [1.807, 2.05) is 12.1 Å². The Bertz CT molecular complexity index is 431. The number of nitrogens with one attached hydrogen (secondary N) is 1. The molecule has 110 valence electrons. The van der Waals surface area contributed by atoms with Crippen LogP contribution < -0.4 is 5.32 Å². The Hall–Kier alpha value is -1.01. The van der Waals surface area contributed by atoms with Crippen molar-refractivity contribution in [3.8, 4) is 0 Å². The third kappa shape index (κ3) is 3.17. The Balaban J connectivity index is 1.49. The number of piperazine rings is 1. The monoisotopic (exact) mass is 279 g/mol. The van der Waals surface area contributed by atoms with Gasteiger partial charge in [0.2, 0.25) is 0 Å². The lowest BCUT2D eigenvalue weighted by Crippen LogP contribution is -2.53. The maximum Gasteiger partial charge on any atom is 0.123 e. The van der Waals surface area contributed by atoms with Gasteiger partial charge in [-0.05, 0) is 17.7 Å². The van der Waals surface area contributed by atoms with E-state index in [1.54, 1.807) is 0 Å². The summed E-state index contributed by atoms with van der Waals surface area (Å²) in [7, 11) is 0. The van der Waals surface area contributed by atoms with Crippen LogP contribution in [0.4, 0.5) is 4.39 Å². The summed E-state index contributed by atoms with van der Waals surface area (Å²) >= 11 is 0. The van der Waals surface area contributed by atoms with Crippen molar-refractivity contribution < 1.29 is 9.50 Å². The molecule has 0 bridgehead atoms. The van der Waals surface area contributed by atoms with Crippen LogP contribution in [0.2, 0.25) is 0 Å². The summed E-state index contributed by atoms with van der Waals surface area (Å²) in [4.78, 5) is 4.77. The second-order valence-corrected chi connectivity index (χ2v) is 5.73. The predicted molar refractivity (Wildman–Crippen MR) is 75.9 cm³/mol. The fourth-order valence-corrected chi connectivity index (χ4v) is 3.12. The Morgan fingerprint density at radius 1 is 1.10 bits per heavy atom. The zero-order valence-corrected chi connectivity index (χ0v) is 11.6. The molecular formula is C15H22FN3O. The Morgan fingerprint density at radius 3 is 2.40 bits per heavy atom. The summed E-state index contributed by atoms with van der Waals surface area (Å²) in [6.07, 6.45) is -0.237. The average molecular weight is 279 g/mol. The van der Waals surface area contributed by atoms with E-state index >= 15 is 0 Å². The van der Waals surface area contributed by atoms with E-state index in [1.165, 1.54) is 12.1 Å². The fraction of sp³-hybridized carbons (Fsp3) is 0.600. The van der Waals surface area contributed by atoms with Gasteiger partial charge in [0.15, 0.2) is 0 Å². The van der Waals surface area contributed by atoms with E-state index in [-0.39, 0.29) is 18.0 Å². The van der Waals surface area contributed by atoms with E-state index in [9.17, 15) is 9.50 Å². The van der Waals surface area contributed by atoms with Gasteiger partial charge < -0.3 is 10.4 Å². The van der Waals surface area contributed by atoms with Gasteiger partial charge in [-0.2, -0.15) is 0 Å². The van der Waals surface area contributed by atoms with Gasteiger partial charge in [-0.25, -0.2) is 4.39 Å². The lowest BCUT2D eigenvalue weighted by molar-refractivity contribution is 0.0424. The molecule has 1 unspecified atom stereocenters. The average Bonchev–Trinajstić information content (AvgIpc) is 2.89. The zero-order chi connectivity index (χ0) is 13.9. The van der Waals surface area contributed by atoms with Crippen molar-refractivity contribution in [1.82, 2.24) is 15.1 Å². The van der Waals surface area contributed by atoms with Crippen LogP contribution in [0.15, 0.2) is 24.3 Å². The van der Waals surface area contributed by atoms with Crippen molar-refractivity contribution >= 4 is 0 Å². The highest BCUT2D eigenvalue weighted by Gasteiger charge is 2.32. The summed E-state index contributed by atoms with van der Waals surface area (Å²) in [5.41, 5.74) is 1.16. The number of β-amino-alcohol motifs (C(OH)–C–C–N with tert-alkyl or cyclic N) is 1. The molecule has 2 aliphatic rings. The number of aliphatic hydroxyl groups is 1. The van der Waals surface area contributed by atoms with Crippen molar-refractivity contribution in [2.24, 2.45) is 0 Å². The zero-order valence-electron chi connectivity index (χ0n) is 11.6. The molecule has 2 aliphatic heterocycles. The van der Waals surface area contributed by atoms with Crippen LogP contribution >= 0.6 is 0 Å². The van der Waals surface area contributed by atoms with Gasteiger partial charge in [-0.15, -0.1) is 0 Å². The van der Waals surface area contributed by atoms with E-state index in [0.29, 0.717) is 6.54 Å². The third-order valence-electron chi connectivity index (χ3n) is 4.35. The van der Waals surface area contributed by atoms with Gasteiger partial charge in [-0.3, -0.25) is 9.80 Å². The van der Waals surface area contributed by atoms with Crippen LogP contribution in [0.3, 0.4) is 0 Å². The van der Waals surface area contributed by atoms with Gasteiger partial charge in [0.1, 0.15) is 5.82 Å². The first-order chi connectivity index (χ1) is 9.72. The van der Waals surface area contributed by atoms with Crippen LogP contribution in [0.5, 0.6) is 0 Å². The molecule has 0 spiro atoms. The van der Waals surface area contributed by atoms with Crippen LogP contribution in [0.25, 0.3) is 0 Å². The molecule has 0 radical (unpaired) electrons. The number of rotatable bonds is 3. The molecule has 1 aromatic rings. The molecule has 2 atom stereocenters. The van der Waals surface area contributed by atoms with E-state index in [0.717, 1.165) is 44.8 Å². The Kier molecular flexibility index (Phi) is 4.31. The first kappa shape index (κ1) is 13.9. The SMILES string of the molecule is O[C@@H]1CNCC1N1CCN(Cc2ccc(F)cc2)CC1. The number of hydrogen-bond donors (Lipinski definition) is 2. The van der Waals surface area contributed by atoms with Crippen LogP contribution in [-0.4, -0.2) is 66.3 Å². The smallest absolute Gasteiger partial charge is 0.123 e. The lowest BCUT2D eigenvalue weighted by atomic mass is 10.1. The molecule has 2 fully saturated rings. The van der Waals surface area contributed by atoms with Gasteiger partial charge in [0, 0.05) is 51.9 Å². The summed E-state index contributed by atoms with van der Waals surface area (Å²) in [6.45, 7) is 6.45. The topological polar surface area (TPSA) is 38.7 Å². The molecule has 0 aliphatic carbocycles. The molecule has 0 amide bonds. The molecule has 4 nitrogen and oxygen atoms in total. The second kappa shape index (κ2) is 6.18. The minimum absolute atomic E-state index is 0.179. The minimum Gasteiger partial charge on any atom is -0.390 e. The molecule has 5 heteroatoms. The number of nitrogens with zero attached hydrogens (tertiary/aromatic N) is 2. The van der Waals surface area contributed by atoms with Gasteiger partial charge in [-0.1, -0.05) is 12.1 Å². The van der Waals surface area contributed by atoms with E-state index in [4.69, 9.17) is 0 Å². The third-order valence-corrected chi connectivity index (χ3v) is 4.35. The largest absolute Gasteiger partial charge is 0.390 e. The van der Waals surface area contributed by atoms with Gasteiger partial charge in [0.25, 0.3) is 0 Å². The normalized spacial score (nSPS) is 28.9. The van der Waals surface area contributed by atoms with Crippen LogP contribution in [0.1, 0.15) is 5.56 Å². The number of halogens is 1. The molecule has 2 heterocycles. The number of aliphatic hydroxyl groups excluding tert-OH is 1. The van der Waals surface area contributed by atoms with E-state index in [2.05, 4.69) is 15.1 Å². The van der Waals surface area contributed by atoms with Crippen molar-refractivity contribution in [3.63, 3.8) is 0 Å². The standard InChI is InChI=1S/C15H22FN3O/c16-13-3-1-12(2-4-13)11-18-5-7-19(8-6-18)14-9-17-10-15(14)20/h1-4,14-15,17,20H,5-11H2/t14?,15-/m1/s1. The second-order valence-electron chi connectivity index (χ2n) is 5.73. The van der Waals surface area contributed by atoms with E-state index < -0.39 is 0 Å². The maximum atomic E-state index is 12.9. The first-order valence-electron chi connectivity index (χ1n) is 7.32.